The Labute approximate surface area is 151 Å². The summed E-state index contributed by atoms with van der Waals surface area (Å²) < 4.78 is 6.99. The standard InChI is InChI=1S/C19H22N4OS/c20-18-11-15(8-9-21-18)24-14-6-7-16-17(10-14)25-19(23-16)22-12-13-4-2-1-3-5-13/h6-11,13H,1-5,12H2,(H2,20,21)(H,22,23). The van der Waals surface area contributed by atoms with E-state index < -0.39 is 0 Å². The van der Waals surface area contributed by atoms with Crippen LogP contribution in [-0.4, -0.2) is 16.5 Å². The summed E-state index contributed by atoms with van der Waals surface area (Å²) in [6.07, 6.45) is 8.45. The molecule has 1 aliphatic carbocycles. The summed E-state index contributed by atoms with van der Waals surface area (Å²) in [4.78, 5) is 8.66. The van der Waals surface area contributed by atoms with Crippen molar-refractivity contribution in [2.24, 2.45) is 5.92 Å². The number of fused-ring (bicyclic) bond motifs is 1. The number of anilines is 2. The molecular formula is C19H22N4OS. The van der Waals surface area contributed by atoms with E-state index in [-0.39, 0.29) is 0 Å². The number of benzene rings is 1. The van der Waals surface area contributed by atoms with E-state index in [0.29, 0.717) is 11.6 Å². The molecule has 25 heavy (non-hydrogen) atoms. The number of ether oxygens (including phenoxy) is 1. The van der Waals surface area contributed by atoms with Gasteiger partial charge in [-0.1, -0.05) is 30.6 Å². The van der Waals surface area contributed by atoms with Crippen LogP contribution in [0.3, 0.4) is 0 Å². The maximum absolute atomic E-state index is 5.87. The summed E-state index contributed by atoms with van der Waals surface area (Å²) in [7, 11) is 0. The van der Waals surface area contributed by atoms with Crippen LogP contribution in [-0.2, 0) is 0 Å². The molecule has 3 aromatic rings. The van der Waals surface area contributed by atoms with Crippen molar-refractivity contribution in [3.8, 4) is 11.5 Å². The number of nitrogens with zero attached hydrogens (tertiary/aromatic N) is 2. The number of hydrogen-bond acceptors (Lipinski definition) is 6. The SMILES string of the molecule is Nc1cc(Oc2ccc3nc(NCC4CCCCC4)sc3c2)ccn1. The zero-order chi connectivity index (χ0) is 17.1. The molecule has 0 saturated heterocycles. The highest BCUT2D eigenvalue weighted by molar-refractivity contribution is 7.22. The van der Waals surface area contributed by atoms with E-state index in [1.165, 1.54) is 32.1 Å². The van der Waals surface area contributed by atoms with Gasteiger partial charge in [0.1, 0.15) is 17.3 Å². The Hall–Kier alpha value is -2.34. The third kappa shape index (κ3) is 4.02. The molecule has 0 bridgehead atoms. The van der Waals surface area contributed by atoms with E-state index in [2.05, 4.69) is 15.3 Å². The molecule has 130 valence electrons. The number of thiazole rings is 1. The van der Waals surface area contributed by atoms with Crippen molar-refractivity contribution in [2.45, 2.75) is 32.1 Å². The summed E-state index contributed by atoms with van der Waals surface area (Å²) in [6, 6.07) is 9.47. The Kier molecular flexibility index (Phi) is 4.70. The predicted molar refractivity (Wildman–Crippen MR) is 103 cm³/mol. The fourth-order valence-electron chi connectivity index (χ4n) is 3.29. The molecule has 3 N–H and O–H groups in total. The summed E-state index contributed by atoms with van der Waals surface area (Å²) in [5.41, 5.74) is 6.69. The van der Waals surface area contributed by atoms with Crippen LogP contribution in [0.1, 0.15) is 32.1 Å². The van der Waals surface area contributed by atoms with E-state index in [9.17, 15) is 0 Å². The first kappa shape index (κ1) is 16.1. The van der Waals surface area contributed by atoms with Crippen molar-refractivity contribution < 1.29 is 4.74 Å². The molecule has 4 rings (SSSR count). The second-order valence-electron chi connectivity index (χ2n) is 6.55. The minimum atomic E-state index is 0.450. The molecule has 0 spiro atoms. The maximum atomic E-state index is 5.87. The van der Waals surface area contributed by atoms with Gasteiger partial charge in [0.25, 0.3) is 0 Å². The average molecular weight is 354 g/mol. The predicted octanol–water partition coefficient (Wildman–Crippen LogP) is 5.06. The van der Waals surface area contributed by atoms with Crippen LogP contribution < -0.4 is 15.8 Å². The minimum Gasteiger partial charge on any atom is -0.457 e. The van der Waals surface area contributed by atoms with Gasteiger partial charge in [0.05, 0.1) is 10.2 Å². The first-order valence-electron chi connectivity index (χ1n) is 8.80. The van der Waals surface area contributed by atoms with Crippen molar-refractivity contribution >= 4 is 32.5 Å². The van der Waals surface area contributed by atoms with Gasteiger partial charge in [-0.15, -0.1) is 0 Å². The van der Waals surface area contributed by atoms with Crippen molar-refractivity contribution in [1.29, 1.82) is 0 Å². The lowest BCUT2D eigenvalue weighted by atomic mass is 9.89. The topological polar surface area (TPSA) is 73.1 Å². The van der Waals surface area contributed by atoms with Gasteiger partial charge in [-0.25, -0.2) is 9.97 Å². The third-order valence-corrected chi connectivity index (χ3v) is 5.59. The van der Waals surface area contributed by atoms with Crippen molar-refractivity contribution in [1.82, 2.24) is 9.97 Å². The van der Waals surface area contributed by atoms with E-state index in [1.807, 2.05) is 18.2 Å². The lowest BCUT2D eigenvalue weighted by Crippen LogP contribution is -2.16. The van der Waals surface area contributed by atoms with Crippen LogP contribution in [0.2, 0.25) is 0 Å². The molecule has 1 aliphatic rings. The van der Waals surface area contributed by atoms with E-state index in [4.69, 9.17) is 10.5 Å². The molecule has 2 aromatic heterocycles. The minimum absolute atomic E-state index is 0.450. The molecule has 0 aliphatic heterocycles. The fourth-order valence-corrected chi connectivity index (χ4v) is 4.20. The number of pyridine rings is 1. The van der Waals surface area contributed by atoms with Crippen molar-refractivity contribution in [3.63, 3.8) is 0 Å². The summed E-state index contributed by atoms with van der Waals surface area (Å²) in [5.74, 6) is 2.70. The van der Waals surface area contributed by atoms with Gasteiger partial charge in [-0.2, -0.15) is 0 Å². The zero-order valence-corrected chi connectivity index (χ0v) is 14.9. The molecule has 6 heteroatoms. The second-order valence-corrected chi connectivity index (χ2v) is 7.58. The molecule has 2 heterocycles. The van der Waals surface area contributed by atoms with Gasteiger partial charge in [-0.05, 0) is 37.0 Å². The van der Waals surface area contributed by atoms with Gasteiger partial charge >= 0.3 is 0 Å². The van der Waals surface area contributed by atoms with Crippen LogP contribution in [0.15, 0.2) is 36.5 Å². The number of aromatic nitrogens is 2. The molecule has 0 amide bonds. The Morgan fingerprint density at radius 2 is 1.96 bits per heavy atom. The fraction of sp³-hybridized carbons (Fsp3) is 0.368. The van der Waals surface area contributed by atoms with Gasteiger partial charge in [0.2, 0.25) is 0 Å². The largest absolute Gasteiger partial charge is 0.457 e. The van der Waals surface area contributed by atoms with E-state index >= 15 is 0 Å². The maximum Gasteiger partial charge on any atom is 0.183 e. The van der Waals surface area contributed by atoms with Gasteiger partial charge < -0.3 is 15.8 Å². The first-order chi connectivity index (χ1) is 12.3. The lowest BCUT2D eigenvalue weighted by Gasteiger charge is -2.21. The first-order valence-corrected chi connectivity index (χ1v) is 9.62. The molecule has 1 saturated carbocycles. The Morgan fingerprint density at radius 3 is 2.80 bits per heavy atom. The van der Waals surface area contributed by atoms with Gasteiger partial charge in [-0.3, -0.25) is 0 Å². The highest BCUT2D eigenvalue weighted by Gasteiger charge is 2.14. The molecule has 1 aromatic carbocycles. The van der Waals surface area contributed by atoms with Crippen molar-refractivity contribution in [2.75, 3.05) is 17.6 Å². The second kappa shape index (κ2) is 7.27. The van der Waals surface area contributed by atoms with Crippen LogP contribution in [0.25, 0.3) is 10.2 Å². The molecule has 5 nitrogen and oxygen atoms in total. The summed E-state index contributed by atoms with van der Waals surface area (Å²) in [5, 5.41) is 4.51. The monoisotopic (exact) mass is 354 g/mol. The van der Waals surface area contributed by atoms with Crippen LogP contribution >= 0.6 is 11.3 Å². The molecule has 1 fully saturated rings. The number of hydrogen-bond donors (Lipinski definition) is 2. The van der Waals surface area contributed by atoms with Gasteiger partial charge in [0.15, 0.2) is 5.13 Å². The lowest BCUT2D eigenvalue weighted by molar-refractivity contribution is 0.373. The van der Waals surface area contributed by atoms with E-state index in [0.717, 1.165) is 33.6 Å². The number of nitrogens with two attached hydrogens (primary N) is 1. The third-order valence-electron chi connectivity index (χ3n) is 4.61. The summed E-state index contributed by atoms with van der Waals surface area (Å²) >= 11 is 1.67. The molecule has 0 atom stereocenters. The smallest absolute Gasteiger partial charge is 0.183 e. The molecule has 0 unspecified atom stereocenters. The highest BCUT2D eigenvalue weighted by Crippen LogP contribution is 2.32. The van der Waals surface area contributed by atoms with Crippen LogP contribution in [0.5, 0.6) is 11.5 Å². The van der Waals surface area contributed by atoms with Crippen molar-refractivity contribution in [3.05, 3.63) is 36.5 Å². The Morgan fingerprint density at radius 1 is 1.12 bits per heavy atom. The number of nitrogen functional groups attached to an aromatic ring is 1. The van der Waals surface area contributed by atoms with Gasteiger partial charge in [0, 0.05) is 24.9 Å². The number of nitrogens with one attached hydrogen (secondary N) is 1. The normalized spacial score (nSPS) is 15.4. The highest BCUT2D eigenvalue weighted by atomic mass is 32.1. The molecular weight excluding hydrogens is 332 g/mol. The quantitative estimate of drug-likeness (QED) is 0.670. The summed E-state index contributed by atoms with van der Waals surface area (Å²) in [6.45, 7) is 1.03. The Bertz CT molecular complexity index is 858. The average Bonchev–Trinajstić information content (AvgIpc) is 3.03. The Balaban J connectivity index is 1.45. The number of rotatable bonds is 5. The zero-order valence-electron chi connectivity index (χ0n) is 14.1. The van der Waals surface area contributed by atoms with Crippen LogP contribution in [0.4, 0.5) is 10.9 Å². The molecule has 0 radical (unpaired) electrons. The van der Waals surface area contributed by atoms with Crippen LogP contribution in [0, 0.1) is 5.92 Å². The van der Waals surface area contributed by atoms with E-state index in [1.54, 1.807) is 29.7 Å².